The normalized spacial score (nSPS) is 32.0. The van der Waals surface area contributed by atoms with Crippen LogP contribution < -0.4 is 0 Å². The first-order chi connectivity index (χ1) is 19.3. The van der Waals surface area contributed by atoms with Crippen LogP contribution in [0.3, 0.4) is 0 Å². The second kappa shape index (κ2) is 11.8. The first kappa shape index (κ1) is 30.6. The molecule has 15 heteroatoms. The van der Waals surface area contributed by atoms with E-state index in [0.717, 1.165) is 0 Å². The van der Waals surface area contributed by atoms with E-state index in [-0.39, 0.29) is 11.3 Å². The van der Waals surface area contributed by atoms with E-state index in [4.69, 9.17) is 9.47 Å². The molecule has 41 heavy (non-hydrogen) atoms. The molecule has 0 spiro atoms. The van der Waals surface area contributed by atoms with Gasteiger partial charge in [0, 0.05) is 5.56 Å². The number of rotatable bonds is 7. The minimum atomic E-state index is -2.09. The summed E-state index contributed by atoms with van der Waals surface area (Å²) in [5.41, 5.74) is -2.65. The average Bonchev–Trinajstić information content (AvgIpc) is 2.93. The van der Waals surface area contributed by atoms with Gasteiger partial charge in [0.2, 0.25) is 0 Å². The topological polar surface area (TPSA) is 275 Å². The van der Waals surface area contributed by atoms with Crippen molar-refractivity contribution in [1.29, 1.82) is 0 Å². The van der Waals surface area contributed by atoms with E-state index in [9.17, 15) is 65.8 Å². The molecule has 224 valence electrons. The average molecular weight is 583 g/mol. The molecule has 0 saturated carbocycles. The lowest BCUT2D eigenvalue weighted by molar-refractivity contribution is -0.232. The molecule has 4 rings (SSSR count). The van der Waals surface area contributed by atoms with Gasteiger partial charge in [0.15, 0.2) is 11.6 Å². The second-order valence-electron chi connectivity index (χ2n) is 9.87. The van der Waals surface area contributed by atoms with Crippen LogP contribution in [0.5, 0.6) is 23.0 Å². The van der Waals surface area contributed by atoms with E-state index in [0.29, 0.717) is 0 Å². The van der Waals surface area contributed by atoms with E-state index in [1.165, 1.54) is 24.3 Å². The largest absolute Gasteiger partial charge is 0.508 e. The van der Waals surface area contributed by atoms with Gasteiger partial charge in [-0.2, -0.15) is 0 Å². The van der Waals surface area contributed by atoms with Crippen LogP contribution in [0.4, 0.5) is 0 Å². The van der Waals surface area contributed by atoms with Crippen molar-refractivity contribution in [2.45, 2.75) is 61.4 Å². The molecule has 2 aromatic carbocycles. The van der Waals surface area contributed by atoms with Crippen molar-refractivity contribution in [3.05, 3.63) is 46.5 Å². The van der Waals surface area contributed by atoms with Gasteiger partial charge < -0.3 is 65.6 Å². The van der Waals surface area contributed by atoms with Gasteiger partial charge in [-0.3, -0.25) is 9.59 Å². The number of ether oxygens (including phenoxy) is 2. The van der Waals surface area contributed by atoms with Crippen molar-refractivity contribution in [1.82, 2.24) is 0 Å². The first-order valence-corrected chi connectivity index (χ1v) is 12.4. The number of aliphatic hydroxyl groups is 7. The second-order valence-corrected chi connectivity index (χ2v) is 9.87. The predicted molar refractivity (Wildman–Crippen MR) is 132 cm³/mol. The SMILES string of the molecule is O=C(CC(=O)c1c(O)c([C@@H]2O[C@H](CO)[C@@H](O)[C@H](O)[C@H]2O)c(O)c([C@@H]2OC[C@H](O)[C@H](O)[C@H]2O)c1O)c1ccc(O)cc1. The van der Waals surface area contributed by atoms with Crippen LogP contribution in [-0.4, -0.2) is 124 Å². The summed E-state index contributed by atoms with van der Waals surface area (Å²) < 4.78 is 10.7. The Morgan fingerprint density at radius 2 is 1.27 bits per heavy atom. The lowest BCUT2D eigenvalue weighted by Crippen LogP contribution is -2.55. The van der Waals surface area contributed by atoms with Crippen LogP contribution in [0.1, 0.15) is 50.5 Å². The molecule has 15 nitrogen and oxygen atoms in total. The lowest BCUT2D eigenvalue weighted by Gasteiger charge is -2.41. The quantitative estimate of drug-likeness (QED) is 0.120. The van der Waals surface area contributed by atoms with Crippen LogP contribution in [-0.2, 0) is 9.47 Å². The monoisotopic (exact) mass is 582 g/mol. The molecule has 2 fully saturated rings. The van der Waals surface area contributed by atoms with Gasteiger partial charge in [-0.15, -0.1) is 0 Å². The highest BCUT2D eigenvalue weighted by Gasteiger charge is 2.49. The predicted octanol–water partition coefficient (Wildman–Crippen LogP) is -2.37. The Balaban J connectivity index is 1.87. The summed E-state index contributed by atoms with van der Waals surface area (Å²) in [6, 6.07) is 4.80. The molecule has 9 atom stereocenters. The first-order valence-electron chi connectivity index (χ1n) is 12.4. The van der Waals surface area contributed by atoms with Gasteiger partial charge in [0.25, 0.3) is 0 Å². The smallest absolute Gasteiger partial charge is 0.178 e. The number of carbonyl (C=O) groups excluding carboxylic acids is 2. The van der Waals surface area contributed by atoms with Crippen LogP contribution in [0.15, 0.2) is 24.3 Å². The third-order valence-corrected chi connectivity index (χ3v) is 7.25. The number of aliphatic hydroxyl groups excluding tert-OH is 7. The van der Waals surface area contributed by atoms with Crippen molar-refractivity contribution >= 4 is 11.6 Å². The van der Waals surface area contributed by atoms with Crippen molar-refractivity contribution < 1.29 is 75.2 Å². The highest BCUT2D eigenvalue weighted by molar-refractivity contribution is 6.16. The molecule has 0 aromatic heterocycles. The third kappa shape index (κ3) is 5.46. The van der Waals surface area contributed by atoms with Gasteiger partial charge in [-0.1, -0.05) is 0 Å². The molecule has 0 amide bonds. The van der Waals surface area contributed by atoms with Crippen LogP contribution in [0, 0.1) is 0 Å². The summed E-state index contributed by atoms with van der Waals surface area (Å²) in [5.74, 6) is -5.71. The number of phenolic OH excluding ortho intramolecular Hbond substituents is 4. The maximum atomic E-state index is 13.3. The Morgan fingerprint density at radius 1 is 0.707 bits per heavy atom. The summed E-state index contributed by atoms with van der Waals surface area (Å²) in [6.45, 7) is -1.50. The fraction of sp³-hybridized carbons (Fsp3) is 0.462. The zero-order chi connectivity index (χ0) is 30.3. The molecule has 2 saturated heterocycles. The van der Waals surface area contributed by atoms with E-state index in [1.54, 1.807) is 0 Å². The number of hydrogen-bond acceptors (Lipinski definition) is 15. The maximum absolute atomic E-state index is 13.3. The Bertz CT molecular complexity index is 1290. The van der Waals surface area contributed by atoms with Gasteiger partial charge >= 0.3 is 0 Å². The zero-order valence-corrected chi connectivity index (χ0v) is 21.2. The summed E-state index contributed by atoms with van der Waals surface area (Å²) >= 11 is 0. The van der Waals surface area contributed by atoms with Crippen molar-refractivity contribution in [3.63, 3.8) is 0 Å². The molecule has 0 aliphatic carbocycles. The zero-order valence-electron chi connectivity index (χ0n) is 21.2. The molecule has 11 N–H and O–H groups in total. The molecule has 2 heterocycles. The van der Waals surface area contributed by atoms with E-state index < -0.39 is 120 Å². The highest BCUT2D eigenvalue weighted by atomic mass is 16.5. The van der Waals surface area contributed by atoms with Crippen molar-refractivity contribution in [2.75, 3.05) is 13.2 Å². The summed E-state index contributed by atoms with van der Waals surface area (Å²) in [7, 11) is 0. The van der Waals surface area contributed by atoms with E-state index >= 15 is 0 Å². The number of hydrogen-bond donors (Lipinski definition) is 11. The summed E-state index contributed by atoms with van der Waals surface area (Å²) in [5, 5.41) is 114. The number of carbonyl (C=O) groups is 2. The van der Waals surface area contributed by atoms with Gasteiger partial charge in [-0.05, 0) is 24.3 Å². The summed E-state index contributed by atoms with van der Waals surface area (Å²) in [4.78, 5) is 26.1. The Labute approximate surface area is 231 Å². The Hall–Kier alpha value is -3.38. The summed E-state index contributed by atoms with van der Waals surface area (Å²) in [6.07, 6.45) is -17.7. The standard InChI is InChI=1S/C26H30O15/c27-6-13-18(33)22(37)24(39)26(41-13)16-20(35)14(11(30)5-10(29)8-1-3-9(28)4-2-8)19(34)15(21(16)36)25-23(38)17(32)12(31)7-40-25/h1-4,12-13,17-18,22-28,31-39H,5-7H2/t12-,13+,17-,18+,22-,23+,24+,25-,26-/m0/s1. The van der Waals surface area contributed by atoms with Crippen LogP contribution in [0.25, 0.3) is 0 Å². The lowest BCUT2D eigenvalue weighted by atomic mass is 9.84. The number of benzene rings is 2. The molecule has 0 radical (unpaired) electrons. The Morgan fingerprint density at radius 3 is 1.85 bits per heavy atom. The van der Waals surface area contributed by atoms with Crippen LogP contribution >= 0.6 is 0 Å². The third-order valence-electron chi connectivity index (χ3n) is 7.25. The molecule has 0 unspecified atom stereocenters. The molecule has 2 aliphatic rings. The van der Waals surface area contributed by atoms with Crippen LogP contribution in [0.2, 0.25) is 0 Å². The maximum Gasteiger partial charge on any atom is 0.178 e. The molecular weight excluding hydrogens is 552 g/mol. The molecule has 0 bridgehead atoms. The number of ketones is 2. The fourth-order valence-corrected chi connectivity index (χ4v) is 4.94. The van der Waals surface area contributed by atoms with Crippen molar-refractivity contribution in [2.24, 2.45) is 0 Å². The molecule has 2 aromatic rings. The number of phenols is 4. The van der Waals surface area contributed by atoms with Gasteiger partial charge in [0.05, 0.1) is 30.8 Å². The molecule has 2 aliphatic heterocycles. The molecular formula is C26H30O15. The van der Waals surface area contributed by atoms with E-state index in [1.807, 2.05) is 0 Å². The van der Waals surface area contributed by atoms with E-state index in [2.05, 4.69) is 0 Å². The van der Waals surface area contributed by atoms with Gasteiger partial charge in [0.1, 0.15) is 83.5 Å². The van der Waals surface area contributed by atoms with Crippen molar-refractivity contribution in [3.8, 4) is 23.0 Å². The number of aromatic hydroxyl groups is 4. The fourth-order valence-electron chi connectivity index (χ4n) is 4.94. The highest BCUT2D eigenvalue weighted by Crippen LogP contribution is 2.52. The minimum absolute atomic E-state index is 0.0218. The Kier molecular flexibility index (Phi) is 8.84. The number of Topliss-reactive ketones (excluding diaryl/α,β-unsaturated/α-hetero) is 2. The van der Waals surface area contributed by atoms with Gasteiger partial charge in [-0.25, -0.2) is 0 Å². The minimum Gasteiger partial charge on any atom is -0.508 e.